The topological polar surface area (TPSA) is 229 Å². The number of hydrogen-bond acceptors (Lipinski definition) is 12. The van der Waals surface area contributed by atoms with Gasteiger partial charge in [-0.05, 0) is 0 Å². The number of rotatable bonds is 0. The Hall–Kier alpha value is -0.512. The van der Waals surface area contributed by atoms with Gasteiger partial charge in [0.05, 0.1) is 0 Å². The predicted molar refractivity (Wildman–Crippen MR) is 63.0 cm³/mol. The summed E-state index contributed by atoms with van der Waals surface area (Å²) in [6.45, 7) is 0. The molecule has 0 fully saturated rings. The third kappa shape index (κ3) is 21.7. The van der Waals surface area contributed by atoms with Crippen LogP contribution in [0.3, 0.4) is 0 Å². The molecule has 0 atom stereocenters. The van der Waals surface area contributed by atoms with E-state index in [1.807, 2.05) is 0 Å². The summed E-state index contributed by atoms with van der Waals surface area (Å²) in [6, 6.07) is 0. The second-order valence-electron chi connectivity index (χ2n) is 3.60. The Bertz CT molecular complexity index is 828. The third-order valence-electron chi connectivity index (χ3n) is 1.13. The van der Waals surface area contributed by atoms with Gasteiger partial charge in [-0.15, -0.1) is 0 Å². The molecule has 0 aromatic heterocycles. The first kappa shape index (κ1) is 42.6. The van der Waals surface area contributed by atoms with Crippen molar-refractivity contribution in [3.8, 4) is 0 Å². The van der Waals surface area contributed by atoms with E-state index in [9.17, 15) is 52.7 Å². The van der Waals surface area contributed by atoms with Crippen molar-refractivity contribution in [2.45, 2.75) is 22.0 Å². The monoisotopic (exact) mass is 694 g/mol. The molecule has 0 rings (SSSR count). The van der Waals surface area contributed by atoms with E-state index in [0.29, 0.717) is 0 Å². The molecule has 0 saturated carbocycles. The zero-order valence-electron chi connectivity index (χ0n) is 13.5. The molecule has 33 heavy (non-hydrogen) atoms. The maximum atomic E-state index is 10.7. The molecule has 0 radical (unpaired) electrons. The first-order valence-corrected chi connectivity index (χ1v) is 10.7. The van der Waals surface area contributed by atoms with Crippen molar-refractivity contribution in [2.24, 2.45) is 0 Å². The molecule has 29 heteroatoms. The maximum Gasteiger partial charge on any atom is 4.00 e. The second kappa shape index (κ2) is 13.0. The van der Waals surface area contributed by atoms with Gasteiger partial charge in [0.25, 0.3) is 0 Å². The Kier molecular flexibility index (Phi) is 16.8. The summed E-state index contributed by atoms with van der Waals surface area (Å²) in [4.78, 5) is 0. The van der Waals surface area contributed by atoms with Gasteiger partial charge in [-0.25, -0.2) is 33.7 Å². The Morgan fingerprint density at radius 2 is 0.364 bits per heavy atom. The Balaban J connectivity index is -0.000000105. The fourth-order valence-corrected chi connectivity index (χ4v) is 0. The van der Waals surface area contributed by atoms with E-state index in [1.165, 1.54) is 0 Å². The fourth-order valence-electron chi connectivity index (χ4n) is 0. The predicted octanol–water partition coefficient (Wildman–Crippen LogP) is 0.203. The van der Waals surface area contributed by atoms with Crippen LogP contribution in [0.2, 0.25) is 0 Å². The molecular weight excluding hydrogens is 692 g/mol. The molecule has 0 spiro atoms. The molecule has 0 aliphatic rings. The summed E-state index contributed by atoms with van der Waals surface area (Å²) in [5.74, 6) is 0. The normalized spacial score (nSPS) is 13.6. The molecule has 0 amide bonds. The van der Waals surface area contributed by atoms with Gasteiger partial charge in [-0.2, -0.15) is 52.7 Å². The molecule has 0 aromatic carbocycles. The van der Waals surface area contributed by atoms with E-state index in [4.69, 9.17) is 51.9 Å². The number of hydrogen-bond donors (Lipinski definition) is 0. The van der Waals surface area contributed by atoms with Crippen molar-refractivity contribution in [3.63, 3.8) is 0 Å². The van der Waals surface area contributed by atoms with Crippen molar-refractivity contribution in [2.75, 3.05) is 0 Å². The molecule has 0 aromatic rings. The van der Waals surface area contributed by atoms with Crippen LogP contribution < -0.4 is 0 Å². The molecule has 0 saturated heterocycles. The van der Waals surface area contributed by atoms with E-state index in [-0.39, 0.29) is 21.1 Å². The van der Waals surface area contributed by atoms with Gasteiger partial charge < -0.3 is 18.2 Å². The van der Waals surface area contributed by atoms with Crippen LogP contribution in [0.5, 0.6) is 0 Å². The Labute approximate surface area is 188 Å². The molecule has 0 aliphatic heterocycles. The summed E-state index contributed by atoms with van der Waals surface area (Å²) in [5, 5.41) is 0. The average Bonchev–Trinajstić information content (AvgIpc) is 2.30. The van der Waals surface area contributed by atoms with E-state index < -0.39 is 62.5 Å². The average molecular weight is 692 g/mol. The van der Waals surface area contributed by atoms with Crippen molar-refractivity contribution >= 4 is 40.5 Å². The van der Waals surface area contributed by atoms with Crippen LogP contribution in [-0.2, 0) is 61.5 Å². The van der Waals surface area contributed by atoms with E-state index in [1.54, 1.807) is 0 Å². The minimum Gasteiger partial charge on any atom is -0.741 e. The van der Waals surface area contributed by atoms with E-state index in [0.717, 1.165) is 0 Å². The largest absolute Gasteiger partial charge is 4.00 e. The van der Waals surface area contributed by atoms with Crippen LogP contribution in [0.25, 0.3) is 0 Å². The summed E-state index contributed by atoms with van der Waals surface area (Å²) >= 11 is 0. The van der Waals surface area contributed by atoms with Crippen LogP contribution in [0, 0.1) is 0 Å². The van der Waals surface area contributed by atoms with Crippen LogP contribution in [-0.4, -0.2) is 73.9 Å². The molecule has 0 unspecified atom stereocenters. The summed E-state index contributed by atoms with van der Waals surface area (Å²) in [6.07, 6.45) is 0. The second-order valence-corrected chi connectivity index (χ2v) is 9.08. The molecule has 0 N–H and O–H groups in total. The Morgan fingerprint density at radius 1 is 0.333 bits per heavy atom. The van der Waals surface area contributed by atoms with Crippen LogP contribution >= 0.6 is 0 Å². The third-order valence-corrected chi connectivity index (χ3v) is 3.40. The SMILES string of the molecule is O=S(=O)([O-])C(F)(F)F.O=S(=O)([O-])C(F)(F)F.O=S(=O)([O-])C(F)(F)F.O=S(=O)([O-])C(F)(F)F.[Mo+4]. The van der Waals surface area contributed by atoms with E-state index >= 15 is 0 Å². The molecule has 0 bridgehead atoms. The summed E-state index contributed by atoms with van der Waals surface area (Å²) in [5.41, 5.74) is -22.6. The summed E-state index contributed by atoms with van der Waals surface area (Å²) in [7, 11) is -24.4. The van der Waals surface area contributed by atoms with Gasteiger partial charge >= 0.3 is 43.1 Å². The molecule has 202 valence electrons. The van der Waals surface area contributed by atoms with Gasteiger partial charge in [0.1, 0.15) is 0 Å². The van der Waals surface area contributed by atoms with Crippen molar-refractivity contribution < 1.29 is 126 Å². The number of halogens is 12. The standard InChI is InChI=1S/4CHF3O3S.Mo/c4*2-1(3,4)8(5,6)7;/h4*(H,5,6,7);/q;;;;+4/p-4. The first-order valence-electron chi connectivity index (χ1n) is 5.08. The molecular formula is C4F12MoO12S4. The van der Waals surface area contributed by atoms with Gasteiger partial charge in [-0.1, -0.05) is 0 Å². The zero-order chi connectivity index (χ0) is 28.0. The Morgan fingerprint density at radius 3 is 0.364 bits per heavy atom. The minimum atomic E-state index is -6.09. The maximum absolute atomic E-state index is 10.7. The quantitative estimate of drug-likeness (QED) is 0.144. The van der Waals surface area contributed by atoms with Crippen LogP contribution in [0.1, 0.15) is 0 Å². The molecule has 0 heterocycles. The van der Waals surface area contributed by atoms with Gasteiger partial charge in [0.2, 0.25) is 0 Å². The van der Waals surface area contributed by atoms with Crippen LogP contribution in [0.4, 0.5) is 52.7 Å². The fraction of sp³-hybridized carbons (Fsp3) is 1.00. The van der Waals surface area contributed by atoms with Crippen molar-refractivity contribution in [1.82, 2.24) is 0 Å². The van der Waals surface area contributed by atoms with Gasteiger partial charge in [0.15, 0.2) is 40.5 Å². The first-order chi connectivity index (χ1) is 13.0. The minimum absolute atomic E-state index is 0. The van der Waals surface area contributed by atoms with Gasteiger partial charge in [0, 0.05) is 0 Å². The molecule has 0 aliphatic carbocycles. The zero-order valence-corrected chi connectivity index (χ0v) is 18.7. The summed E-state index contributed by atoms with van der Waals surface area (Å²) < 4.78 is 236. The number of alkyl halides is 12. The smallest absolute Gasteiger partial charge is 0.741 e. The van der Waals surface area contributed by atoms with E-state index in [2.05, 4.69) is 0 Å². The van der Waals surface area contributed by atoms with Crippen LogP contribution in [0.15, 0.2) is 0 Å². The molecule has 12 nitrogen and oxygen atoms in total. The van der Waals surface area contributed by atoms with Crippen molar-refractivity contribution in [1.29, 1.82) is 0 Å². The van der Waals surface area contributed by atoms with Crippen molar-refractivity contribution in [3.05, 3.63) is 0 Å². The van der Waals surface area contributed by atoms with Gasteiger partial charge in [-0.3, -0.25) is 0 Å².